The number of hydrogen-bond acceptors (Lipinski definition) is 1. The molecular formula is C8H6NO. The molecular weight excluding hydrogens is 126 g/mol. The molecule has 0 N–H and O–H groups in total. The lowest BCUT2D eigenvalue weighted by Crippen LogP contribution is -1.79. The van der Waals surface area contributed by atoms with Crippen LogP contribution in [0.25, 0.3) is 0 Å². The number of hydrogen-bond donors (Lipinski definition) is 0. The van der Waals surface area contributed by atoms with Crippen LogP contribution in [0.1, 0.15) is 11.1 Å². The van der Waals surface area contributed by atoms with Crippen LogP contribution in [0.15, 0.2) is 18.2 Å². The molecule has 0 saturated heterocycles. The average Bonchev–Trinajstić information content (AvgIpc) is 1.95. The molecule has 1 aromatic carbocycles. The van der Waals surface area contributed by atoms with Gasteiger partial charge in [0.2, 0.25) is 0 Å². The molecule has 2 heteroatoms. The normalized spacial score (nSPS) is 8.80. The smallest absolute Gasteiger partial charge is 0.182 e. The molecule has 0 aromatic heterocycles. The Hall–Kier alpha value is -1.49. The molecule has 49 valence electrons. The number of rotatable bonds is 0. The Labute approximate surface area is 59.3 Å². The Morgan fingerprint density at radius 1 is 1.50 bits per heavy atom. The van der Waals surface area contributed by atoms with Gasteiger partial charge < -0.3 is 0 Å². The third kappa shape index (κ3) is 0.939. The minimum Gasteiger partial charge on any atom is -0.290 e. The van der Waals surface area contributed by atoms with Crippen molar-refractivity contribution < 1.29 is 5.11 Å². The van der Waals surface area contributed by atoms with Crippen molar-refractivity contribution in [1.82, 2.24) is 0 Å². The zero-order chi connectivity index (χ0) is 7.56. The zero-order valence-electron chi connectivity index (χ0n) is 5.59. The van der Waals surface area contributed by atoms with E-state index in [1.165, 1.54) is 6.07 Å². The second kappa shape index (κ2) is 2.40. The first-order valence-electron chi connectivity index (χ1n) is 2.92. The van der Waals surface area contributed by atoms with E-state index >= 15 is 0 Å². The maximum absolute atomic E-state index is 10.8. The van der Waals surface area contributed by atoms with Crippen LogP contribution in [-0.4, -0.2) is 0 Å². The number of nitriles is 1. The molecule has 0 heterocycles. The summed E-state index contributed by atoms with van der Waals surface area (Å²) in [6.07, 6.45) is 0. The maximum atomic E-state index is 10.8. The molecule has 0 amide bonds. The van der Waals surface area contributed by atoms with Crippen LogP contribution in [0.5, 0.6) is 5.75 Å². The van der Waals surface area contributed by atoms with Crippen LogP contribution >= 0.6 is 0 Å². The van der Waals surface area contributed by atoms with E-state index in [1.54, 1.807) is 19.1 Å². The van der Waals surface area contributed by atoms with E-state index in [2.05, 4.69) is 0 Å². The van der Waals surface area contributed by atoms with Crippen molar-refractivity contribution in [2.24, 2.45) is 0 Å². The van der Waals surface area contributed by atoms with E-state index in [1.807, 2.05) is 6.07 Å². The molecule has 0 fully saturated rings. The predicted molar refractivity (Wildman–Crippen MR) is 36.0 cm³/mol. The standard InChI is InChI=1S/C8H6NO/c1-6-7(5-9)3-2-4-8(6)10/h2-4H,1H3. The summed E-state index contributed by atoms with van der Waals surface area (Å²) in [6, 6.07) is 6.62. The van der Waals surface area contributed by atoms with Crippen LogP contribution in [0.2, 0.25) is 0 Å². The molecule has 1 radical (unpaired) electrons. The summed E-state index contributed by atoms with van der Waals surface area (Å²) in [5, 5.41) is 19.3. The van der Waals surface area contributed by atoms with Gasteiger partial charge in [0, 0.05) is 5.56 Å². The third-order valence-corrected chi connectivity index (χ3v) is 1.40. The highest BCUT2D eigenvalue weighted by molar-refractivity contribution is 5.44. The molecule has 0 saturated carbocycles. The molecule has 0 aliphatic heterocycles. The molecule has 0 spiro atoms. The van der Waals surface area contributed by atoms with Gasteiger partial charge in [-0.3, -0.25) is 5.11 Å². The second-order valence-corrected chi connectivity index (χ2v) is 2.04. The van der Waals surface area contributed by atoms with Crippen molar-refractivity contribution in [3.8, 4) is 11.8 Å². The van der Waals surface area contributed by atoms with Crippen LogP contribution in [0.3, 0.4) is 0 Å². The largest absolute Gasteiger partial charge is 0.290 e. The molecule has 0 bridgehead atoms. The fourth-order valence-electron chi connectivity index (χ4n) is 0.736. The van der Waals surface area contributed by atoms with Gasteiger partial charge >= 0.3 is 0 Å². The van der Waals surface area contributed by atoms with Crippen molar-refractivity contribution in [3.05, 3.63) is 29.3 Å². The lowest BCUT2D eigenvalue weighted by atomic mass is 10.1. The summed E-state index contributed by atoms with van der Waals surface area (Å²) in [5.74, 6) is -0.0703. The summed E-state index contributed by atoms with van der Waals surface area (Å²) in [6.45, 7) is 1.65. The summed E-state index contributed by atoms with van der Waals surface area (Å²) < 4.78 is 0. The van der Waals surface area contributed by atoms with E-state index in [0.29, 0.717) is 11.1 Å². The molecule has 2 nitrogen and oxygen atoms in total. The van der Waals surface area contributed by atoms with Gasteiger partial charge in [0.05, 0.1) is 11.6 Å². The van der Waals surface area contributed by atoms with Crippen LogP contribution in [-0.2, 0) is 5.11 Å². The minimum absolute atomic E-state index is 0.0703. The van der Waals surface area contributed by atoms with E-state index in [-0.39, 0.29) is 5.75 Å². The monoisotopic (exact) mass is 132 g/mol. The minimum atomic E-state index is -0.0703. The van der Waals surface area contributed by atoms with Crippen LogP contribution in [0, 0.1) is 18.3 Å². The molecule has 0 atom stereocenters. The summed E-state index contributed by atoms with van der Waals surface area (Å²) >= 11 is 0. The Bertz CT molecular complexity index is 286. The van der Waals surface area contributed by atoms with Gasteiger partial charge in [-0.15, -0.1) is 0 Å². The van der Waals surface area contributed by atoms with Gasteiger partial charge in [0.15, 0.2) is 5.75 Å². The van der Waals surface area contributed by atoms with Gasteiger partial charge in [-0.05, 0) is 19.1 Å². The van der Waals surface area contributed by atoms with Gasteiger partial charge in [-0.2, -0.15) is 5.26 Å². The van der Waals surface area contributed by atoms with Crippen molar-refractivity contribution >= 4 is 0 Å². The first-order chi connectivity index (χ1) is 4.75. The highest BCUT2D eigenvalue weighted by atomic mass is 16.3. The van der Waals surface area contributed by atoms with Crippen LogP contribution in [0.4, 0.5) is 0 Å². The molecule has 0 unspecified atom stereocenters. The number of benzene rings is 1. The second-order valence-electron chi connectivity index (χ2n) is 2.04. The average molecular weight is 132 g/mol. The van der Waals surface area contributed by atoms with Crippen molar-refractivity contribution in [2.45, 2.75) is 6.92 Å². The van der Waals surface area contributed by atoms with Crippen molar-refractivity contribution in [3.63, 3.8) is 0 Å². The fourth-order valence-corrected chi connectivity index (χ4v) is 0.736. The highest BCUT2D eigenvalue weighted by Crippen LogP contribution is 2.18. The van der Waals surface area contributed by atoms with E-state index < -0.39 is 0 Å². The summed E-state index contributed by atoms with van der Waals surface area (Å²) in [4.78, 5) is 0. The topological polar surface area (TPSA) is 43.7 Å². The van der Waals surface area contributed by atoms with E-state index in [9.17, 15) is 5.11 Å². The van der Waals surface area contributed by atoms with Gasteiger partial charge in [0.1, 0.15) is 0 Å². The first-order valence-corrected chi connectivity index (χ1v) is 2.92. The molecule has 0 aliphatic carbocycles. The summed E-state index contributed by atoms with van der Waals surface area (Å²) in [5.41, 5.74) is 0.998. The Morgan fingerprint density at radius 3 is 2.70 bits per heavy atom. The van der Waals surface area contributed by atoms with E-state index in [4.69, 9.17) is 5.26 Å². The molecule has 10 heavy (non-hydrogen) atoms. The Balaban J connectivity index is 3.31. The van der Waals surface area contributed by atoms with Crippen molar-refractivity contribution in [2.75, 3.05) is 0 Å². The van der Waals surface area contributed by atoms with Gasteiger partial charge in [-0.25, -0.2) is 0 Å². The van der Waals surface area contributed by atoms with E-state index in [0.717, 1.165) is 0 Å². The number of nitrogens with zero attached hydrogens (tertiary/aromatic N) is 1. The Morgan fingerprint density at radius 2 is 2.20 bits per heavy atom. The zero-order valence-corrected chi connectivity index (χ0v) is 5.59. The lowest BCUT2D eigenvalue weighted by Gasteiger charge is -1.94. The lowest BCUT2D eigenvalue weighted by molar-refractivity contribution is 0.351. The molecule has 0 aliphatic rings. The fraction of sp³-hybridized carbons (Fsp3) is 0.125. The maximum Gasteiger partial charge on any atom is 0.182 e. The SMILES string of the molecule is Cc1c([O])cccc1C#N. The van der Waals surface area contributed by atoms with Gasteiger partial charge in [-0.1, -0.05) is 6.07 Å². The predicted octanol–water partition coefficient (Wildman–Crippen LogP) is 2.01. The first kappa shape index (κ1) is 6.63. The van der Waals surface area contributed by atoms with Crippen LogP contribution < -0.4 is 0 Å². The quantitative estimate of drug-likeness (QED) is 0.532. The highest BCUT2D eigenvalue weighted by Gasteiger charge is 2.01. The molecule has 1 rings (SSSR count). The third-order valence-electron chi connectivity index (χ3n) is 1.40. The van der Waals surface area contributed by atoms with Crippen molar-refractivity contribution in [1.29, 1.82) is 5.26 Å². The summed E-state index contributed by atoms with van der Waals surface area (Å²) in [7, 11) is 0. The Kier molecular flexibility index (Phi) is 1.59. The van der Waals surface area contributed by atoms with Gasteiger partial charge in [0.25, 0.3) is 0 Å². The molecule has 1 aromatic rings.